The Morgan fingerprint density at radius 3 is 2.41 bits per heavy atom. The largest absolute Gasteiger partial charge is 0.573 e. The Morgan fingerprint density at radius 2 is 1.76 bits per heavy atom. The third kappa shape index (κ3) is 8.18. The number of hydrogen-bond donors (Lipinski definition) is 3. The number of pyridine rings is 2. The van der Waals surface area contributed by atoms with E-state index in [2.05, 4.69) is 25.3 Å². The Labute approximate surface area is 233 Å². The number of nitrogens with zero attached hydrogens (tertiary/aromatic N) is 2. The number of anilines is 1. The molecule has 0 aliphatic carbocycles. The Kier molecular flexibility index (Phi) is 9.02. The summed E-state index contributed by atoms with van der Waals surface area (Å²) in [6, 6.07) is 16.2. The summed E-state index contributed by atoms with van der Waals surface area (Å²) in [6.45, 7) is 0.206. The predicted molar refractivity (Wildman–Crippen MR) is 144 cm³/mol. The highest BCUT2D eigenvalue weighted by Crippen LogP contribution is 2.28. The Balaban J connectivity index is 1.45. The number of benzene rings is 2. The topological polar surface area (TPSA) is 123 Å². The van der Waals surface area contributed by atoms with Crippen molar-refractivity contribution in [2.75, 3.05) is 12.4 Å². The van der Waals surface area contributed by atoms with Gasteiger partial charge in [-0.1, -0.05) is 24.3 Å². The normalized spacial score (nSPS) is 11.8. The van der Waals surface area contributed by atoms with Crippen LogP contribution in [-0.4, -0.2) is 46.5 Å². The molecular weight excluding hydrogens is 541 g/mol. The van der Waals surface area contributed by atoms with Crippen molar-refractivity contribution >= 4 is 17.7 Å². The van der Waals surface area contributed by atoms with Gasteiger partial charge in [0, 0.05) is 37.1 Å². The van der Waals surface area contributed by atoms with Gasteiger partial charge in [-0.05, 0) is 59.2 Å². The van der Waals surface area contributed by atoms with Crippen molar-refractivity contribution in [1.29, 1.82) is 0 Å². The maximum Gasteiger partial charge on any atom is 0.573 e. The summed E-state index contributed by atoms with van der Waals surface area (Å²) < 4.78 is 46.7. The van der Waals surface area contributed by atoms with Crippen LogP contribution in [0.4, 0.5) is 19.0 Å². The second kappa shape index (κ2) is 12.8. The SMILES string of the molecule is COc1ccc(-c2ccc(NCc3cccc(OC(F)(F)F)c3)nc2)cc1C(=O)N[C@H](Cc1cccnc1)C(=O)O. The Hall–Kier alpha value is -5.13. The smallest absolute Gasteiger partial charge is 0.496 e. The number of halogens is 3. The van der Waals surface area contributed by atoms with Gasteiger partial charge in [0.2, 0.25) is 0 Å². The highest BCUT2D eigenvalue weighted by molar-refractivity contribution is 6.00. The first-order valence-corrected chi connectivity index (χ1v) is 12.3. The number of aliphatic carboxylic acids is 1. The van der Waals surface area contributed by atoms with Crippen LogP contribution in [0.3, 0.4) is 0 Å². The lowest BCUT2D eigenvalue weighted by atomic mass is 10.0. The van der Waals surface area contributed by atoms with Gasteiger partial charge < -0.3 is 25.2 Å². The quantitative estimate of drug-likeness (QED) is 0.230. The van der Waals surface area contributed by atoms with Crippen LogP contribution in [0.1, 0.15) is 21.5 Å². The van der Waals surface area contributed by atoms with Crippen LogP contribution in [0.25, 0.3) is 11.1 Å². The van der Waals surface area contributed by atoms with E-state index in [-0.39, 0.29) is 30.0 Å². The number of alkyl halides is 3. The minimum atomic E-state index is -4.77. The van der Waals surface area contributed by atoms with E-state index in [0.29, 0.717) is 28.1 Å². The lowest BCUT2D eigenvalue weighted by Crippen LogP contribution is -2.42. The Morgan fingerprint density at radius 1 is 0.976 bits per heavy atom. The van der Waals surface area contributed by atoms with Gasteiger partial charge >= 0.3 is 12.3 Å². The molecule has 4 rings (SSSR count). The number of carbonyl (C=O) groups is 2. The van der Waals surface area contributed by atoms with Crippen molar-refractivity contribution in [3.63, 3.8) is 0 Å². The molecule has 0 unspecified atom stereocenters. The number of carboxylic acid groups (broad SMARTS) is 1. The van der Waals surface area contributed by atoms with Crippen LogP contribution in [0.2, 0.25) is 0 Å². The van der Waals surface area contributed by atoms with Crippen molar-refractivity contribution in [2.45, 2.75) is 25.4 Å². The molecule has 0 aliphatic rings. The summed E-state index contributed by atoms with van der Waals surface area (Å²) in [5, 5.41) is 15.2. The van der Waals surface area contributed by atoms with Crippen molar-refractivity contribution in [3.8, 4) is 22.6 Å². The van der Waals surface area contributed by atoms with Crippen molar-refractivity contribution in [1.82, 2.24) is 15.3 Å². The van der Waals surface area contributed by atoms with Gasteiger partial charge in [-0.15, -0.1) is 13.2 Å². The molecular formula is C29H25F3N4O5. The van der Waals surface area contributed by atoms with Crippen molar-refractivity contribution in [3.05, 3.63) is 102 Å². The van der Waals surface area contributed by atoms with E-state index in [0.717, 1.165) is 0 Å². The van der Waals surface area contributed by atoms with E-state index in [4.69, 9.17) is 4.74 Å². The minimum Gasteiger partial charge on any atom is -0.496 e. The summed E-state index contributed by atoms with van der Waals surface area (Å²) in [5.41, 5.74) is 2.66. The zero-order valence-corrected chi connectivity index (χ0v) is 21.7. The standard InChI is InChI=1S/C29H25F3N4O5/c1-40-25-9-7-20(14-23(25)27(37)36-24(28(38)39)13-19-5-3-11-33-15-19)21-8-10-26(35-17-21)34-16-18-4-2-6-22(12-18)41-29(30,31)32/h2-12,14-15,17,24H,13,16H2,1H3,(H,34,35)(H,36,37)(H,38,39)/t24-/m1/s1. The van der Waals surface area contributed by atoms with Gasteiger partial charge in [0.25, 0.3) is 5.91 Å². The molecule has 2 heterocycles. The summed E-state index contributed by atoms with van der Waals surface area (Å²) >= 11 is 0. The third-order valence-electron chi connectivity index (χ3n) is 5.91. The number of carbonyl (C=O) groups excluding carboxylic acids is 1. The van der Waals surface area contributed by atoms with E-state index >= 15 is 0 Å². The van der Waals surface area contributed by atoms with Gasteiger partial charge in [0.05, 0.1) is 12.7 Å². The zero-order chi connectivity index (χ0) is 29.4. The molecule has 12 heteroatoms. The molecule has 0 spiro atoms. The molecule has 0 radical (unpaired) electrons. The van der Waals surface area contributed by atoms with Crippen molar-refractivity contribution < 1.29 is 37.3 Å². The lowest BCUT2D eigenvalue weighted by Gasteiger charge is -2.16. The molecule has 1 atom stereocenters. The Bertz CT molecular complexity index is 1500. The number of ether oxygens (including phenoxy) is 2. The van der Waals surface area contributed by atoms with Crippen LogP contribution in [0.15, 0.2) is 85.3 Å². The summed E-state index contributed by atoms with van der Waals surface area (Å²) in [6.07, 6.45) is -0.0500. The fourth-order valence-electron chi connectivity index (χ4n) is 3.97. The van der Waals surface area contributed by atoms with Gasteiger partial charge in [-0.3, -0.25) is 9.78 Å². The van der Waals surface area contributed by atoms with E-state index in [1.165, 1.54) is 31.5 Å². The predicted octanol–water partition coefficient (Wildman–Crippen LogP) is 5.09. The molecule has 3 N–H and O–H groups in total. The van der Waals surface area contributed by atoms with Crippen LogP contribution in [0, 0.1) is 0 Å². The van der Waals surface area contributed by atoms with E-state index in [1.54, 1.807) is 60.9 Å². The lowest BCUT2D eigenvalue weighted by molar-refractivity contribution is -0.274. The molecule has 0 bridgehead atoms. The summed E-state index contributed by atoms with van der Waals surface area (Å²) in [7, 11) is 1.41. The molecule has 212 valence electrons. The number of hydrogen-bond acceptors (Lipinski definition) is 7. The van der Waals surface area contributed by atoms with Crippen LogP contribution < -0.4 is 20.1 Å². The number of aromatic nitrogens is 2. The highest BCUT2D eigenvalue weighted by atomic mass is 19.4. The van der Waals surface area contributed by atoms with Gasteiger partial charge in [0.15, 0.2) is 0 Å². The van der Waals surface area contributed by atoms with Crippen LogP contribution in [0.5, 0.6) is 11.5 Å². The molecule has 1 amide bonds. The fraction of sp³-hybridized carbons (Fsp3) is 0.172. The number of rotatable bonds is 11. The minimum absolute atomic E-state index is 0.0505. The molecule has 0 fully saturated rings. The fourth-order valence-corrected chi connectivity index (χ4v) is 3.97. The second-order valence-electron chi connectivity index (χ2n) is 8.83. The number of methoxy groups -OCH3 is 1. The molecule has 41 heavy (non-hydrogen) atoms. The van der Waals surface area contributed by atoms with E-state index in [9.17, 15) is 27.9 Å². The first kappa shape index (κ1) is 28.9. The van der Waals surface area contributed by atoms with Gasteiger partial charge in [-0.2, -0.15) is 0 Å². The number of amides is 1. The summed E-state index contributed by atoms with van der Waals surface area (Å²) in [5.74, 6) is -1.39. The molecule has 9 nitrogen and oxygen atoms in total. The maximum absolute atomic E-state index is 13.1. The molecule has 0 saturated carbocycles. The highest BCUT2D eigenvalue weighted by Gasteiger charge is 2.31. The van der Waals surface area contributed by atoms with Gasteiger partial charge in [-0.25, -0.2) is 9.78 Å². The first-order chi connectivity index (χ1) is 19.6. The van der Waals surface area contributed by atoms with Crippen molar-refractivity contribution in [2.24, 2.45) is 0 Å². The number of nitrogens with one attached hydrogen (secondary N) is 2. The molecule has 0 saturated heterocycles. The van der Waals surface area contributed by atoms with Crippen LogP contribution >= 0.6 is 0 Å². The van der Waals surface area contributed by atoms with E-state index in [1.807, 2.05) is 0 Å². The van der Waals surface area contributed by atoms with E-state index < -0.39 is 24.3 Å². The maximum atomic E-state index is 13.1. The molecule has 2 aromatic carbocycles. The second-order valence-corrected chi connectivity index (χ2v) is 8.83. The first-order valence-electron chi connectivity index (χ1n) is 12.3. The third-order valence-corrected chi connectivity index (χ3v) is 5.91. The molecule has 2 aromatic heterocycles. The molecule has 4 aromatic rings. The average Bonchev–Trinajstić information content (AvgIpc) is 2.95. The average molecular weight is 567 g/mol. The zero-order valence-electron chi connectivity index (χ0n) is 21.7. The van der Waals surface area contributed by atoms with Crippen LogP contribution in [-0.2, 0) is 17.8 Å². The van der Waals surface area contributed by atoms with Gasteiger partial charge in [0.1, 0.15) is 23.4 Å². The molecule has 0 aliphatic heterocycles. The number of carboxylic acids is 1. The summed E-state index contributed by atoms with van der Waals surface area (Å²) in [4.78, 5) is 33.3. The monoisotopic (exact) mass is 566 g/mol.